The van der Waals surface area contributed by atoms with E-state index in [0.717, 1.165) is 5.39 Å². The van der Waals surface area contributed by atoms with Gasteiger partial charge in [0.15, 0.2) is 5.58 Å². The van der Waals surface area contributed by atoms with E-state index >= 15 is 0 Å². The van der Waals surface area contributed by atoms with Gasteiger partial charge in [-0.1, -0.05) is 11.6 Å². The molecule has 0 aliphatic carbocycles. The highest BCUT2D eigenvalue weighted by atomic mass is 35.5. The van der Waals surface area contributed by atoms with Crippen LogP contribution in [0.2, 0.25) is 5.02 Å². The maximum atomic E-state index is 5.76. The van der Waals surface area contributed by atoms with Crippen LogP contribution in [0.4, 0.5) is 5.69 Å². The van der Waals surface area contributed by atoms with Gasteiger partial charge in [0.25, 0.3) is 0 Å². The molecule has 0 spiro atoms. The van der Waals surface area contributed by atoms with E-state index in [9.17, 15) is 0 Å². The van der Waals surface area contributed by atoms with Gasteiger partial charge >= 0.3 is 0 Å². The van der Waals surface area contributed by atoms with E-state index in [1.807, 2.05) is 12.1 Å². The van der Waals surface area contributed by atoms with Gasteiger partial charge in [0.2, 0.25) is 0 Å². The van der Waals surface area contributed by atoms with Gasteiger partial charge in [-0.15, -0.1) is 0 Å². The summed E-state index contributed by atoms with van der Waals surface area (Å²) in [6.45, 7) is 0. The van der Waals surface area contributed by atoms with E-state index in [2.05, 4.69) is 0 Å². The number of halogens is 1. The van der Waals surface area contributed by atoms with Crippen molar-refractivity contribution in [2.24, 2.45) is 0 Å². The van der Waals surface area contributed by atoms with Crippen LogP contribution in [0.15, 0.2) is 28.9 Å². The Bertz CT molecular complexity index is 394. The quantitative estimate of drug-likeness (QED) is 0.613. The van der Waals surface area contributed by atoms with Gasteiger partial charge in [0, 0.05) is 5.39 Å². The zero-order valence-electron chi connectivity index (χ0n) is 5.67. The van der Waals surface area contributed by atoms with E-state index in [0.29, 0.717) is 16.3 Å². The Balaban J connectivity index is 2.93. The third-order valence-corrected chi connectivity index (χ3v) is 1.94. The average Bonchev–Trinajstić information content (AvgIpc) is 2.45. The van der Waals surface area contributed by atoms with Crippen LogP contribution in [0.1, 0.15) is 0 Å². The zero-order valence-corrected chi connectivity index (χ0v) is 6.43. The highest BCUT2D eigenvalue weighted by molar-refractivity contribution is 6.34. The van der Waals surface area contributed by atoms with E-state index in [-0.39, 0.29) is 0 Å². The molecule has 56 valence electrons. The van der Waals surface area contributed by atoms with Crippen molar-refractivity contribution in [2.45, 2.75) is 0 Å². The lowest BCUT2D eigenvalue weighted by atomic mass is 10.2. The third-order valence-electron chi connectivity index (χ3n) is 1.61. The van der Waals surface area contributed by atoms with Crippen LogP contribution >= 0.6 is 11.6 Å². The van der Waals surface area contributed by atoms with Crippen LogP contribution in [0, 0.1) is 0 Å². The topological polar surface area (TPSA) is 39.2 Å². The Morgan fingerprint density at radius 1 is 1.27 bits per heavy atom. The van der Waals surface area contributed by atoms with Crippen molar-refractivity contribution >= 4 is 28.3 Å². The van der Waals surface area contributed by atoms with Gasteiger partial charge in [-0.3, -0.25) is 0 Å². The second-order valence-corrected chi connectivity index (χ2v) is 2.71. The molecule has 1 aromatic carbocycles. The van der Waals surface area contributed by atoms with Crippen LogP contribution in [0.5, 0.6) is 0 Å². The Morgan fingerprint density at radius 2 is 2.09 bits per heavy atom. The monoisotopic (exact) mass is 167 g/mol. The molecule has 3 heteroatoms. The summed E-state index contributed by atoms with van der Waals surface area (Å²) in [6, 6.07) is 5.48. The molecular formula is C8H6ClNO. The molecule has 0 radical (unpaired) electrons. The number of hydrogen-bond acceptors (Lipinski definition) is 2. The summed E-state index contributed by atoms with van der Waals surface area (Å²) >= 11 is 5.76. The highest BCUT2D eigenvalue weighted by Crippen LogP contribution is 2.28. The molecule has 0 fully saturated rings. The van der Waals surface area contributed by atoms with Gasteiger partial charge in [0.1, 0.15) is 0 Å². The summed E-state index contributed by atoms with van der Waals surface area (Å²) in [4.78, 5) is 0. The van der Waals surface area contributed by atoms with Gasteiger partial charge in [0.05, 0.1) is 17.0 Å². The molecular weight excluding hydrogens is 162 g/mol. The number of nitrogen functional groups attached to an aromatic ring is 1. The van der Waals surface area contributed by atoms with Crippen molar-refractivity contribution in [3.63, 3.8) is 0 Å². The molecule has 2 nitrogen and oxygen atoms in total. The lowest BCUT2D eigenvalue weighted by Gasteiger charge is -1.96. The zero-order chi connectivity index (χ0) is 7.84. The Hall–Kier alpha value is -1.15. The first-order valence-electron chi connectivity index (χ1n) is 3.20. The maximum Gasteiger partial charge on any atom is 0.158 e. The van der Waals surface area contributed by atoms with Crippen molar-refractivity contribution < 1.29 is 4.42 Å². The van der Waals surface area contributed by atoms with Crippen molar-refractivity contribution in [2.75, 3.05) is 5.73 Å². The molecule has 0 bridgehead atoms. The molecule has 0 atom stereocenters. The minimum atomic E-state index is 0.508. The first-order chi connectivity index (χ1) is 5.29. The number of hydrogen-bond donors (Lipinski definition) is 1. The predicted molar refractivity (Wildman–Crippen MR) is 45.6 cm³/mol. The van der Waals surface area contributed by atoms with Crippen molar-refractivity contribution in [3.05, 3.63) is 29.5 Å². The van der Waals surface area contributed by atoms with Gasteiger partial charge in [-0.05, 0) is 18.2 Å². The first-order valence-corrected chi connectivity index (χ1v) is 3.58. The number of fused-ring (bicyclic) bond motifs is 1. The molecule has 11 heavy (non-hydrogen) atoms. The smallest absolute Gasteiger partial charge is 0.158 e. The van der Waals surface area contributed by atoms with E-state index < -0.39 is 0 Å². The second kappa shape index (κ2) is 2.17. The van der Waals surface area contributed by atoms with Gasteiger partial charge in [-0.25, -0.2) is 0 Å². The number of anilines is 1. The second-order valence-electron chi connectivity index (χ2n) is 2.30. The molecule has 2 N–H and O–H groups in total. The van der Waals surface area contributed by atoms with Gasteiger partial charge < -0.3 is 10.2 Å². The Labute approximate surface area is 68.6 Å². The summed E-state index contributed by atoms with van der Waals surface area (Å²) in [5, 5.41) is 1.51. The minimum absolute atomic E-state index is 0.508. The fourth-order valence-corrected chi connectivity index (χ4v) is 1.18. The minimum Gasteiger partial charge on any atom is -0.462 e. The molecule has 0 unspecified atom stereocenters. The number of furan rings is 1. The molecule has 1 aromatic heterocycles. The molecule has 1 heterocycles. The Kier molecular flexibility index (Phi) is 1.29. The van der Waals surface area contributed by atoms with Crippen molar-refractivity contribution in [1.82, 2.24) is 0 Å². The SMILES string of the molecule is Nc1c(Cl)ccc2ccoc12. The predicted octanol–water partition coefficient (Wildman–Crippen LogP) is 2.67. The van der Waals surface area contributed by atoms with Crippen LogP contribution < -0.4 is 5.73 Å². The fourth-order valence-electron chi connectivity index (χ4n) is 1.03. The lowest BCUT2D eigenvalue weighted by molar-refractivity contribution is 0.617. The van der Waals surface area contributed by atoms with Crippen molar-refractivity contribution in [1.29, 1.82) is 0 Å². The standard InChI is InChI=1S/C8H6ClNO/c9-6-2-1-5-3-4-11-8(5)7(6)10/h1-4H,10H2. The first kappa shape index (κ1) is 6.55. The summed E-state index contributed by atoms with van der Waals surface area (Å²) in [5.74, 6) is 0. The highest BCUT2D eigenvalue weighted by Gasteiger charge is 2.03. The normalized spacial score (nSPS) is 10.6. The van der Waals surface area contributed by atoms with Gasteiger partial charge in [-0.2, -0.15) is 0 Å². The number of benzene rings is 1. The molecule has 0 aliphatic rings. The van der Waals surface area contributed by atoms with Crippen LogP contribution in [0.25, 0.3) is 11.0 Å². The van der Waals surface area contributed by atoms with E-state index in [4.69, 9.17) is 21.8 Å². The molecule has 2 rings (SSSR count). The van der Waals surface area contributed by atoms with E-state index in [1.165, 1.54) is 0 Å². The lowest BCUT2D eigenvalue weighted by Crippen LogP contribution is -1.85. The van der Waals surface area contributed by atoms with E-state index in [1.54, 1.807) is 12.3 Å². The number of nitrogens with two attached hydrogens (primary N) is 1. The molecule has 2 aromatic rings. The summed E-state index contributed by atoms with van der Waals surface area (Å²) in [5.41, 5.74) is 6.81. The number of rotatable bonds is 0. The molecule has 0 saturated carbocycles. The molecule has 0 amide bonds. The van der Waals surface area contributed by atoms with Crippen LogP contribution in [-0.4, -0.2) is 0 Å². The fraction of sp³-hybridized carbons (Fsp3) is 0. The van der Waals surface area contributed by atoms with Crippen molar-refractivity contribution in [3.8, 4) is 0 Å². The third kappa shape index (κ3) is 0.870. The average molecular weight is 168 g/mol. The Morgan fingerprint density at radius 3 is 2.91 bits per heavy atom. The molecule has 0 saturated heterocycles. The summed E-state index contributed by atoms with van der Waals surface area (Å²) in [7, 11) is 0. The van der Waals surface area contributed by atoms with Crippen LogP contribution in [0.3, 0.4) is 0 Å². The largest absolute Gasteiger partial charge is 0.462 e. The van der Waals surface area contributed by atoms with Crippen LogP contribution in [-0.2, 0) is 0 Å². The summed E-state index contributed by atoms with van der Waals surface area (Å²) in [6.07, 6.45) is 1.59. The summed E-state index contributed by atoms with van der Waals surface area (Å²) < 4.78 is 5.12. The molecule has 0 aliphatic heterocycles. The maximum absolute atomic E-state index is 5.76.